The summed E-state index contributed by atoms with van der Waals surface area (Å²) in [5.74, 6) is 0.929. The van der Waals surface area contributed by atoms with Crippen LogP contribution < -0.4 is 10.2 Å². The predicted molar refractivity (Wildman–Crippen MR) is 138 cm³/mol. The van der Waals surface area contributed by atoms with Crippen molar-refractivity contribution in [3.05, 3.63) is 76.0 Å². The number of carboxylic acids is 1. The van der Waals surface area contributed by atoms with Crippen molar-refractivity contribution in [3.8, 4) is 0 Å². The van der Waals surface area contributed by atoms with E-state index in [9.17, 15) is 14.7 Å². The van der Waals surface area contributed by atoms with Crippen LogP contribution in [0.5, 0.6) is 0 Å². The van der Waals surface area contributed by atoms with Crippen LogP contribution in [0.1, 0.15) is 67.4 Å². The summed E-state index contributed by atoms with van der Waals surface area (Å²) in [6.07, 6.45) is 4.77. The topological polar surface area (TPSA) is 78.9 Å². The molecule has 1 atom stereocenters. The molecule has 0 radical (unpaired) electrons. The van der Waals surface area contributed by atoms with Crippen LogP contribution in [-0.2, 0) is 10.3 Å². The van der Waals surface area contributed by atoms with E-state index in [1.54, 1.807) is 19.2 Å². The first kappa shape index (κ1) is 25.3. The van der Waals surface area contributed by atoms with Crippen LogP contribution in [0.25, 0.3) is 0 Å². The second-order valence-corrected chi connectivity index (χ2v) is 10.5. The molecule has 2 aliphatic rings. The fourth-order valence-corrected chi connectivity index (χ4v) is 5.40. The minimum Gasteiger partial charge on any atom is -0.478 e. The van der Waals surface area contributed by atoms with Gasteiger partial charge < -0.3 is 15.2 Å². The second-order valence-electron chi connectivity index (χ2n) is 10.1. The van der Waals surface area contributed by atoms with Crippen molar-refractivity contribution in [3.63, 3.8) is 0 Å². The van der Waals surface area contributed by atoms with Gasteiger partial charge in [-0.1, -0.05) is 37.6 Å². The number of halogens is 1. The average molecular weight is 497 g/mol. The Hall–Kier alpha value is -2.83. The zero-order chi connectivity index (χ0) is 25.3. The molecular weight excluding hydrogens is 464 g/mol. The van der Waals surface area contributed by atoms with Gasteiger partial charge in [-0.15, -0.1) is 0 Å². The Morgan fingerprint density at radius 3 is 2.49 bits per heavy atom. The molecule has 0 aromatic heterocycles. The maximum Gasteiger partial charge on any atom is 0.335 e. The van der Waals surface area contributed by atoms with E-state index in [0.29, 0.717) is 30.6 Å². The third-order valence-corrected chi connectivity index (χ3v) is 7.93. The van der Waals surface area contributed by atoms with Crippen LogP contribution in [0.4, 0.5) is 10.5 Å². The number of carbonyl (C=O) groups is 2. The third kappa shape index (κ3) is 4.95. The molecule has 1 fully saturated rings. The summed E-state index contributed by atoms with van der Waals surface area (Å²) in [6, 6.07) is 12.1. The number of nitrogens with zero attached hydrogens (tertiary/aromatic N) is 1. The molecule has 35 heavy (non-hydrogen) atoms. The molecule has 2 aromatic rings. The summed E-state index contributed by atoms with van der Waals surface area (Å²) >= 11 is 6.78. The Bertz CT molecular complexity index is 1140. The number of urea groups is 1. The molecule has 4 rings (SSSR count). The van der Waals surface area contributed by atoms with Gasteiger partial charge in [0.1, 0.15) is 0 Å². The maximum absolute atomic E-state index is 13.2. The van der Waals surface area contributed by atoms with Gasteiger partial charge >= 0.3 is 12.0 Å². The first-order valence-corrected chi connectivity index (χ1v) is 12.5. The summed E-state index contributed by atoms with van der Waals surface area (Å²) in [7, 11) is 1.65. The first-order chi connectivity index (χ1) is 16.6. The first-order valence-electron chi connectivity index (χ1n) is 12.1. The van der Waals surface area contributed by atoms with E-state index in [-0.39, 0.29) is 11.6 Å². The lowest BCUT2D eigenvalue weighted by Crippen LogP contribution is -2.54. The highest BCUT2D eigenvalue weighted by atomic mass is 35.5. The average Bonchev–Trinajstić information content (AvgIpc) is 2.78. The van der Waals surface area contributed by atoms with Gasteiger partial charge in [0, 0.05) is 18.3 Å². The lowest BCUT2D eigenvalue weighted by molar-refractivity contribution is 0.0697. The summed E-state index contributed by atoms with van der Waals surface area (Å²) in [6.45, 7) is 7.03. The smallest absolute Gasteiger partial charge is 0.335 e. The minimum absolute atomic E-state index is 0.167. The highest BCUT2D eigenvalue weighted by Gasteiger charge is 2.40. The molecule has 2 N–H and O–H groups in total. The van der Waals surface area contributed by atoms with Gasteiger partial charge in [-0.05, 0) is 91.0 Å². The third-order valence-electron chi connectivity index (χ3n) is 7.61. The zero-order valence-corrected chi connectivity index (χ0v) is 21.4. The molecule has 7 heteroatoms. The van der Waals surface area contributed by atoms with Gasteiger partial charge in [0.25, 0.3) is 0 Å². The van der Waals surface area contributed by atoms with Gasteiger partial charge in [0.15, 0.2) is 0 Å². The number of amides is 2. The summed E-state index contributed by atoms with van der Waals surface area (Å²) < 4.78 is 5.35. The molecule has 186 valence electrons. The van der Waals surface area contributed by atoms with Crippen LogP contribution >= 0.6 is 11.6 Å². The summed E-state index contributed by atoms with van der Waals surface area (Å²) in [4.78, 5) is 25.9. The number of anilines is 1. The van der Waals surface area contributed by atoms with Crippen LogP contribution in [0.2, 0.25) is 5.02 Å². The Labute approximate surface area is 211 Å². The lowest BCUT2D eigenvalue weighted by atomic mass is 9.67. The number of hydrogen-bond acceptors (Lipinski definition) is 3. The Balaban J connectivity index is 1.64. The van der Waals surface area contributed by atoms with Crippen molar-refractivity contribution >= 4 is 29.3 Å². The molecule has 1 aliphatic carbocycles. The quantitative estimate of drug-likeness (QED) is 0.434. The Kier molecular flexibility index (Phi) is 7.25. The molecule has 2 aromatic carbocycles. The van der Waals surface area contributed by atoms with Gasteiger partial charge in [-0.25, -0.2) is 9.59 Å². The Morgan fingerprint density at radius 1 is 1.23 bits per heavy atom. The highest BCUT2D eigenvalue weighted by Crippen LogP contribution is 2.48. The van der Waals surface area contributed by atoms with Crippen molar-refractivity contribution in [2.24, 2.45) is 11.8 Å². The number of nitrogens with one attached hydrogen (secondary N) is 1. The van der Waals surface area contributed by atoms with Crippen molar-refractivity contribution in [1.82, 2.24) is 5.32 Å². The van der Waals surface area contributed by atoms with Crippen LogP contribution in [0.3, 0.4) is 0 Å². The van der Waals surface area contributed by atoms with Crippen molar-refractivity contribution in [2.75, 3.05) is 18.6 Å². The largest absolute Gasteiger partial charge is 0.478 e. The van der Waals surface area contributed by atoms with Gasteiger partial charge in [0.2, 0.25) is 0 Å². The summed E-state index contributed by atoms with van der Waals surface area (Å²) in [5.41, 5.74) is 3.06. The monoisotopic (exact) mass is 496 g/mol. The molecule has 0 saturated heterocycles. The predicted octanol–water partition coefficient (Wildman–Crippen LogP) is 6.55. The van der Waals surface area contributed by atoms with Crippen molar-refractivity contribution < 1.29 is 19.4 Å². The van der Waals surface area contributed by atoms with Gasteiger partial charge in [-0.2, -0.15) is 0 Å². The highest BCUT2D eigenvalue weighted by molar-refractivity contribution is 6.31. The zero-order valence-electron chi connectivity index (χ0n) is 20.7. The maximum atomic E-state index is 13.2. The number of ether oxygens (including phenoxy) is 1. The fraction of sp³-hybridized carbons (Fsp3) is 0.429. The number of hydrogen-bond donors (Lipinski definition) is 2. The number of aromatic carboxylic acids is 1. The van der Waals surface area contributed by atoms with E-state index in [2.05, 4.69) is 31.3 Å². The van der Waals surface area contributed by atoms with Crippen molar-refractivity contribution in [1.29, 1.82) is 0 Å². The number of carbonyl (C=O) groups excluding carboxylic acids is 1. The van der Waals surface area contributed by atoms with Gasteiger partial charge in [-0.3, -0.25) is 4.90 Å². The molecule has 0 spiro atoms. The van der Waals surface area contributed by atoms with E-state index in [4.69, 9.17) is 16.3 Å². The standard InChI is InChI=1S/C28H33ClN2O4/c1-17(2)19-13-20(14-19)24-10-7-21(15-25(24)29)28(3)22(11-12-35-4)16-31(27(34)30-28)23-8-5-18(6-9-23)26(32)33/h5-10,15-17,19-20H,11-14H2,1-4H3,(H,30,34)(H,32,33)/t19?,20?,28-/m0/s1. The lowest BCUT2D eigenvalue weighted by Gasteiger charge is -2.42. The molecular formula is C28H33ClN2O4. The van der Waals surface area contributed by atoms with Crippen LogP contribution in [-0.4, -0.2) is 30.8 Å². The van der Waals surface area contributed by atoms with Crippen LogP contribution in [0.15, 0.2) is 54.2 Å². The van der Waals surface area contributed by atoms with E-state index in [0.717, 1.165) is 22.1 Å². The molecule has 0 bridgehead atoms. The normalized spacial score (nSPS) is 24.1. The number of methoxy groups -OCH3 is 1. The SMILES string of the molecule is COCCC1=CN(c2ccc(C(=O)O)cc2)C(=O)N[C@@]1(C)c1ccc(C2CC(C(C)C)C2)c(Cl)c1. The van der Waals surface area contributed by atoms with E-state index in [1.165, 1.54) is 35.4 Å². The molecule has 1 saturated carbocycles. The minimum atomic E-state index is -1.01. The number of rotatable bonds is 8. The van der Waals surface area contributed by atoms with E-state index >= 15 is 0 Å². The van der Waals surface area contributed by atoms with Crippen molar-refractivity contribution in [2.45, 2.75) is 51.5 Å². The molecule has 6 nitrogen and oxygen atoms in total. The Morgan fingerprint density at radius 2 is 1.91 bits per heavy atom. The van der Waals surface area contributed by atoms with E-state index in [1.807, 2.05) is 19.2 Å². The van der Waals surface area contributed by atoms with E-state index < -0.39 is 11.5 Å². The van der Waals surface area contributed by atoms with Crippen LogP contribution in [0, 0.1) is 11.8 Å². The number of carboxylic acid groups (broad SMARTS) is 1. The number of benzene rings is 2. The second kappa shape index (κ2) is 10.0. The molecule has 1 heterocycles. The molecule has 0 unspecified atom stereocenters. The molecule has 1 aliphatic heterocycles. The summed E-state index contributed by atoms with van der Waals surface area (Å²) in [5, 5.41) is 13.1. The fourth-order valence-electron chi connectivity index (χ4n) is 5.07. The molecule has 2 amide bonds. The van der Waals surface area contributed by atoms with Gasteiger partial charge in [0.05, 0.1) is 23.4 Å².